The van der Waals surface area contributed by atoms with Crippen LogP contribution in [0.1, 0.15) is 48.7 Å². The molecule has 28 heavy (non-hydrogen) atoms. The number of hydrogen-bond acceptors (Lipinski definition) is 4. The van der Waals surface area contributed by atoms with Crippen molar-refractivity contribution in [2.24, 2.45) is 5.92 Å². The summed E-state index contributed by atoms with van der Waals surface area (Å²) in [6.45, 7) is 8.45. The average molecular weight is 383 g/mol. The van der Waals surface area contributed by atoms with Gasteiger partial charge in [0.15, 0.2) is 5.82 Å². The van der Waals surface area contributed by atoms with E-state index in [1.165, 1.54) is 12.1 Å². The molecule has 2 N–H and O–H groups in total. The van der Waals surface area contributed by atoms with Crippen molar-refractivity contribution in [3.8, 4) is 0 Å². The molecule has 1 saturated heterocycles. The molecular weight excluding hydrogens is 357 g/mol. The highest BCUT2D eigenvalue weighted by atomic mass is 19.1. The molecule has 0 aliphatic carbocycles. The molecule has 6 nitrogen and oxygen atoms in total. The van der Waals surface area contributed by atoms with Crippen LogP contribution in [0.4, 0.5) is 4.39 Å². The Bertz CT molecular complexity index is 902. The largest absolute Gasteiger partial charge is 0.334 e. The SMILES string of the molecule is CC(C)C1=CC(c2ccc(F)cc2)Nn2cc(C(=O)N3CCN[C@@H](C)C3)nc21. The zero-order chi connectivity index (χ0) is 19.8. The van der Waals surface area contributed by atoms with Gasteiger partial charge in [0.1, 0.15) is 11.5 Å². The van der Waals surface area contributed by atoms with Gasteiger partial charge in [-0.15, -0.1) is 0 Å². The van der Waals surface area contributed by atoms with Crippen LogP contribution in [0.3, 0.4) is 0 Å². The van der Waals surface area contributed by atoms with Crippen molar-refractivity contribution in [2.75, 3.05) is 25.1 Å². The number of halogens is 1. The van der Waals surface area contributed by atoms with Crippen molar-refractivity contribution < 1.29 is 9.18 Å². The van der Waals surface area contributed by atoms with E-state index in [2.05, 4.69) is 42.6 Å². The Labute approximate surface area is 164 Å². The average Bonchev–Trinajstić information content (AvgIpc) is 3.11. The minimum atomic E-state index is -0.255. The summed E-state index contributed by atoms with van der Waals surface area (Å²) in [7, 11) is 0. The highest BCUT2D eigenvalue weighted by molar-refractivity contribution is 5.93. The van der Waals surface area contributed by atoms with Gasteiger partial charge in [0, 0.05) is 25.7 Å². The van der Waals surface area contributed by atoms with Crippen molar-refractivity contribution in [2.45, 2.75) is 32.9 Å². The number of allylic oxidation sites excluding steroid dienone is 1. The lowest BCUT2D eigenvalue weighted by Gasteiger charge is -2.31. The van der Waals surface area contributed by atoms with Gasteiger partial charge in [-0.1, -0.05) is 26.0 Å². The monoisotopic (exact) mass is 383 g/mol. The molecule has 0 radical (unpaired) electrons. The van der Waals surface area contributed by atoms with Gasteiger partial charge >= 0.3 is 0 Å². The zero-order valence-electron chi connectivity index (χ0n) is 16.4. The van der Waals surface area contributed by atoms with E-state index >= 15 is 0 Å². The Morgan fingerprint density at radius 3 is 2.71 bits per heavy atom. The van der Waals surface area contributed by atoms with Crippen molar-refractivity contribution >= 4 is 11.5 Å². The minimum absolute atomic E-state index is 0.0431. The molecule has 0 spiro atoms. The quantitative estimate of drug-likeness (QED) is 0.856. The number of rotatable bonds is 3. The van der Waals surface area contributed by atoms with Crippen LogP contribution in [0.15, 0.2) is 36.5 Å². The number of carbonyl (C=O) groups excluding carboxylic acids is 1. The van der Waals surface area contributed by atoms with E-state index in [0.29, 0.717) is 18.8 Å². The Balaban J connectivity index is 1.64. The summed E-state index contributed by atoms with van der Waals surface area (Å²) in [5.74, 6) is 0.709. The van der Waals surface area contributed by atoms with Crippen molar-refractivity contribution in [3.63, 3.8) is 0 Å². The molecule has 3 heterocycles. The van der Waals surface area contributed by atoms with Gasteiger partial charge in [-0.25, -0.2) is 14.1 Å². The summed E-state index contributed by atoms with van der Waals surface area (Å²) in [5, 5.41) is 3.35. The molecule has 1 aromatic carbocycles. The third kappa shape index (κ3) is 3.54. The molecule has 1 aromatic heterocycles. The number of hydrogen-bond donors (Lipinski definition) is 2. The molecule has 2 aliphatic rings. The highest BCUT2D eigenvalue weighted by Gasteiger charge is 2.28. The molecule has 148 valence electrons. The summed E-state index contributed by atoms with van der Waals surface area (Å²) < 4.78 is 15.1. The van der Waals surface area contributed by atoms with Crippen molar-refractivity contribution in [1.29, 1.82) is 0 Å². The Morgan fingerprint density at radius 2 is 2.04 bits per heavy atom. The van der Waals surface area contributed by atoms with Gasteiger partial charge in [0.05, 0.1) is 12.2 Å². The normalized spacial score (nSPS) is 21.9. The van der Waals surface area contributed by atoms with E-state index in [0.717, 1.165) is 23.5 Å². The number of benzene rings is 1. The van der Waals surface area contributed by atoms with E-state index < -0.39 is 0 Å². The standard InChI is InChI=1S/C21H26FN5O/c1-13(2)17-10-18(15-4-6-16(22)7-5-15)25-27-12-19(24-20(17)27)21(28)26-9-8-23-14(3)11-26/h4-7,10,12-14,18,23,25H,8-9,11H2,1-3H3/t14-,18?/m0/s1. The van der Waals surface area contributed by atoms with E-state index in [1.807, 2.05) is 9.58 Å². The summed E-state index contributed by atoms with van der Waals surface area (Å²) in [6, 6.07) is 6.65. The van der Waals surface area contributed by atoms with Gasteiger partial charge in [-0.3, -0.25) is 4.79 Å². The molecule has 2 aliphatic heterocycles. The maximum absolute atomic E-state index is 13.3. The zero-order valence-corrected chi connectivity index (χ0v) is 16.4. The molecule has 0 bridgehead atoms. The Hall–Kier alpha value is -2.67. The second kappa shape index (κ2) is 7.39. The number of carbonyl (C=O) groups is 1. The van der Waals surface area contributed by atoms with Crippen LogP contribution >= 0.6 is 0 Å². The molecule has 1 fully saturated rings. The molecule has 4 rings (SSSR count). The van der Waals surface area contributed by atoms with E-state index in [4.69, 9.17) is 0 Å². The topological polar surface area (TPSA) is 62.2 Å². The second-order valence-electron chi connectivity index (χ2n) is 7.86. The Morgan fingerprint density at radius 1 is 1.29 bits per heavy atom. The van der Waals surface area contributed by atoms with Crippen LogP contribution in [0.25, 0.3) is 5.57 Å². The second-order valence-corrected chi connectivity index (χ2v) is 7.86. The lowest BCUT2D eigenvalue weighted by Crippen LogP contribution is -2.51. The number of nitrogens with one attached hydrogen (secondary N) is 2. The first kappa shape index (κ1) is 18.7. The van der Waals surface area contributed by atoms with Gasteiger partial charge in [-0.05, 0) is 42.2 Å². The van der Waals surface area contributed by atoms with Crippen molar-refractivity contribution in [3.05, 3.63) is 59.4 Å². The van der Waals surface area contributed by atoms with Gasteiger partial charge in [-0.2, -0.15) is 0 Å². The van der Waals surface area contributed by atoms with Gasteiger partial charge < -0.3 is 15.6 Å². The molecule has 1 amide bonds. The summed E-state index contributed by atoms with van der Waals surface area (Å²) in [5.41, 5.74) is 5.85. The van der Waals surface area contributed by atoms with E-state index in [-0.39, 0.29) is 29.7 Å². The first-order chi connectivity index (χ1) is 13.4. The fraction of sp³-hybridized carbons (Fsp3) is 0.429. The maximum Gasteiger partial charge on any atom is 0.274 e. The van der Waals surface area contributed by atoms with Crippen LogP contribution in [0, 0.1) is 11.7 Å². The predicted octanol–water partition coefficient (Wildman–Crippen LogP) is 2.79. The maximum atomic E-state index is 13.3. The lowest BCUT2D eigenvalue weighted by molar-refractivity contribution is 0.0703. The summed E-state index contributed by atoms with van der Waals surface area (Å²) in [6.07, 6.45) is 3.89. The first-order valence-corrected chi connectivity index (χ1v) is 9.78. The van der Waals surface area contributed by atoms with Crippen LogP contribution < -0.4 is 10.7 Å². The van der Waals surface area contributed by atoms with Crippen LogP contribution in [-0.2, 0) is 0 Å². The van der Waals surface area contributed by atoms with Crippen molar-refractivity contribution in [1.82, 2.24) is 19.9 Å². The highest BCUT2D eigenvalue weighted by Crippen LogP contribution is 2.32. The van der Waals surface area contributed by atoms with Gasteiger partial charge in [0.25, 0.3) is 5.91 Å². The number of nitrogens with zero attached hydrogens (tertiary/aromatic N) is 3. The van der Waals surface area contributed by atoms with Crippen LogP contribution in [0.5, 0.6) is 0 Å². The minimum Gasteiger partial charge on any atom is -0.334 e. The molecule has 2 aromatic rings. The number of imidazole rings is 1. The van der Waals surface area contributed by atoms with Crippen LogP contribution in [0.2, 0.25) is 0 Å². The smallest absolute Gasteiger partial charge is 0.274 e. The third-order valence-electron chi connectivity index (χ3n) is 5.31. The number of piperazine rings is 1. The number of fused-ring (bicyclic) bond motifs is 1. The van der Waals surface area contributed by atoms with Crippen LogP contribution in [-0.4, -0.2) is 46.1 Å². The third-order valence-corrected chi connectivity index (χ3v) is 5.31. The Kier molecular flexibility index (Phi) is 4.93. The number of aromatic nitrogens is 2. The molecular formula is C21H26FN5O. The van der Waals surface area contributed by atoms with Gasteiger partial charge in [0.2, 0.25) is 0 Å². The lowest BCUT2D eigenvalue weighted by atomic mass is 9.96. The summed E-state index contributed by atoms with van der Waals surface area (Å²) >= 11 is 0. The van der Waals surface area contributed by atoms with E-state index in [9.17, 15) is 9.18 Å². The fourth-order valence-corrected chi connectivity index (χ4v) is 3.80. The molecule has 7 heteroatoms. The first-order valence-electron chi connectivity index (χ1n) is 9.78. The summed E-state index contributed by atoms with van der Waals surface area (Å²) in [4.78, 5) is 19.5. The predicted molar refractivity (Wildman–Crippen MR) is 107 cm³/mol. The molecule has 1 unspecified atom stereocenters. The molecule has 2 atom stereocenters. The molecule has 0 saturated carbocycles. The fourth-order valence-electron chi connectivity index (χ4n) is 3.80. The van der Waals surface area contributed by atoms with E-state index in [1.54, 1.807) is 18.3 Å². The number of amides is 1.